The summed E-state index contributed by atoms with van der Waals surface area (Å²) in [4.78, 5) is 0. The molecule has 0 radical (unpaired) electrons. The molecule has 7 heteroatoms. The topological polar surface area (TPSA) is 41.5 Å². The van der Waals surface area contributed by atoms with Crippen LogP contribution in [0, 0.1) is 23.3 Å². The molecule has 0 aromatic heterocycles. The highest BCUT2D eigenvalue weighted by Crippen LogP contribution is 2.26. The summed E-state index contributed by atoms with van der Waals surface area (Å²) in [5.41, 5.74) is -0.933. The van der Waals surface area contributed by atoms with E-state index in [-0.39, 0.29) is 19.3 Å². The third-order valence-corrected chi connectivity index (χ3v) is 2.49. The molecule has 94 valence electrons. The number of benzene rings is 1. The Morgan fingerprint density at radius 1 is 1.12 bits per heavy atom. The standard InChI is InChI=1S/C10H9F4NO2/c11-4-1-5(12)9(14)10(8(4)13)15-6-2-17-3-7(6)16/h1,6-7,15-16H,2-3H2. The van der Waals surface area contributed by atoms with Gasteiger partial charge in [-0.3, -0.25) is 0 Å². The quantitative estimate of drug-likeness (QED) is 0.617. The first-order valence-corrected chi connectivity index (χ1v) is 4.86. The van der Waals surface area contributed by atoms with Crippen LogP contribution >= 0.6 is 0 Å². The van der Waals surface area contributed by atoms with Crippen molar-refractivity contribution in [1.29, 1.82) is 0 Å². The fourth-order valence-electron chi connectivity index (χ4n) is 1.57. The summed E-state index contributed by atoms with van der Waals surface area (Å²) in [6.07, 6.45) is -0.986. The highest BCUT2D eigenvalue weighted by Gasteiger charge is 2.29. The lowest BCUT2D eigenvalue weighted by atomic mass is 10.2. The third-order valence-electron chi connectivity index (χ3n) is 2.49. The van der Waals surface area contributed by atoms with Gasteiger partial charge in [0.25, 0.3) is 0 Å². The molecular weight excluding hydrogens is 242 g/mol. The van der Waals surface area contributed by atoms with Gasteiger partial charge in [0.1, 0.15) is 5.69 Å². The summed E-state index contributed by atoms with van der Waals surface area (Å²) in [6, 6.07) is -0.683. The second kappa shape index (κ2) is 4.50. The number of aliphatic hydroxyl groups excluding tert-OH is 1. The van der Waals surface area contributed by atoms with Crippen LogP contribution in [0.2, 0.25) is 0 Å². The molecule has 1 heterocycles. The molecule has 2 N–H and O–H groups in total. The Labute approximate surface area is 94.0 Å². The van der Waals surface area contributed by atoms with E-state index in [0.717, 1.165) is 0 Å². The lowest BCUT2D eigenvalue weighted by Crippen LogP contribution is -2.32. The molecule has 17 heavy (non-hydrogen) atoms. The Hall–Kier alpha value is -1.34. The van der Waals surface area contributed by atoms with Crippen LogP contribution in [-0.4, -0.2) is 30.5 Å². The van der Waals surface area contributed by atoms with E-state index < -0.39 is 41.1 Å². The molecule has 0 saturated carbocycles. The molecule has 0 spiro atoms. The monoisotopic (exact) mass is 251 g/mol. The number of halogens is 4. The van der Waals surface area contributed by atoms with E-state index in [2.05, 4.69) is 5.32 Å². The Morgan fingerprint density at radius 3 is 2.18 bits per heavy atom. The second-order valence-corrected chi connectivity index (χ2v) is 3.70. The first-order valence-electron chi connectivity index (χ1n) is 4.86. The molecule has 1 aliphatic rings. The molecule has 1 saturated heterocycles. The zero-order valence-corrected chi connectivity index (χ0v) is 8.51. The summed E-state index contributed by atoms with van der Waals surface area (Å²) in [5.74, 6) is -6.05. The molecule has 2 rings (SSSR count). The molecule has 1 aromatic rings. The normalized spacial score (nSPS) is 24.1. The van der Waals surface area contributed by atoms with Crippen LogP contribution in [0.5, 0.6) is 0 Å². The lowest BCUT2D eigenvalue weighted by Gasteiger charge is -2.17. The van der Waals surface area contributed by atoms with E-state index in [1.807, 2.05) is 0 Å². The Morgan fingerprint density at radius 2 is 1.71 bits per heavy atom. The molecule has 0 aliphatic carbocycles. The first-order chi connectivity index (χ1) is 8.00. The highest BCUT2D eigenvalue weighted by molar-refractivity contribution is 5.48. The van der Waals surface area contributed by atoms with Gasteiger partial charge in [-0.1, -0.05) is 0 Å². The van der Waals surface area contributed by atoms with Crippen LogP contribution in [0.4, 0.5) is 23.2 Å². The summed E-state index contributed by atoms with van der Waals surface area (Å²) in [5, 5.41) is 11.6. The minimum absolute atomic E-state index is 0.00129. The number of anilines is 1. The van der Waals surface area contributed by atoms with Crippen molar-refractivity contribution in [3.8, 4) is 0 Å². The van der Waals surface area contributed by atoms with Crippen LogP contribution in [-0.2, 0) is 4.74 Å². The fourth-order valence-corrected chi connectivity index (χ4v) is 1.57. The SMILES string of the molecule is OC1COCC1Nc1c(F)c(F)cc(F)c1F. The van der Waals surface area contributed by atoms with Crippen molar-refractivity contribution in [2.45, 2.75) is 12.1 Å². The first kappa shape index (κ1) is 12.1. The van der Waals surface area contributed by atoms with Gasteiger partial charge in [-0.2, -0.15) is 0 Å². The Bertz CT molecular complexity index is 415. The molecule has 0 amide bonds. The summed E-state index contributed by atoms with van der Waals surface area (Å²) in [7, 11) is 0. The van der Waals surface area contributed by atoms with Crippen LogP contribution in [0.15, 0.2) is 6.07 Å². The summed E-state index contributed by atoms with van der Waals surface area (Å²) < 4.78 is 57.1. The Balaban J connectivity index is 2.31. The lowest BCUT2D eigenvalue weighted by molar-refractivity contribution is 0.125. The van der Waals surface area contributed by atoms with Crippen LogP contribution in [0.25, 0.3) is 0 Å². The van der Waals surface area contributed by atoms with Gasteiger partial charge in [0.05, 0.1) is 25.4 Å². The minimum atomic E-state index is -1.52. The van der Waals surface area contributed by atoms with Gasteiger partial charge in [0, 0.05) is 6.07 Å². The number of rotatable bonds is 2. The van der Waals surface area contributed by atoms with E-state index in [4.69, 9.17) is 4.74 Å². The molecule has 0 bridgehead atoms. The van der Waals surface area contributed by atoms with Crippen molar-refractivity contribution in [3.63, 3.8) is 0 Å². The van der Waals surface area contributed by atoms with Crippen molar-refractivity contribution < 1.29 is 27.4 Å². The van der Waals surface area contributed by atoms with Gasteiger partial charge in [-0.15, -0.1) is 0 Å². The summed E-state index contributed by atoms with van der Waals surface area (Å²) >= 11 is 0. The predicted octanol–water partition coefficient (Wildman–Crippen LogP) is 1.41. The zero-order chi connectivity index (χ0) is 12.6. The molecule has 2 atom stereocenters. The van der Waals surface area contributed by atoms with Crippen molar-refractivity contribution in [2.75, 3.05) is 18.5 Å². The zero-order valence-electron chi connectivity index (χ0n) is 8.51. The number of ether oxygens (including phenoxy) is 1. The van der Waals surface area contributed by atoms with Gasteiger partial charge in [-0.25, -0.2) is 17.6 Å². The van der Waals surface area contributed by atoms with Gasteiger partial charge < -0.3 is 15.2 Å². The van der Waals surface area contributed by atoms with Gasteiger partial charge in [-0.05, 0) is 0 Å². The number of aliphatic hydroxyl groups is 1. The maximum Gasteiger partial charge on any atom is 0.185 e. The molecule has 2 unspecified atom stereocenters. The van der Waals surface area contributed by atoms with E-state index in [1.165, 1.54) is 0 Å². The molecule has 1 aromatic carbocycles. The Kier molecular flexibility index (Phi) is 3.21. The second-order valence-electron chi connectivity index (χ2n) is 3.70. The molecule has 1 aliphatic heterocycles. The maximum absolute atomic E-state index is 13.3. The predicted molar refractivity (Wildman–Crippen MR) is 50.5 cm³/mol. The van der Waals surface area contributed by atoms with Crippen molar-refractivity contribution >= 4 is 5.69 Å². The van der Waals surface area contributed by atoms with Crippen molar-refractivity contribution in [3.05, 3.63) is 29.3 Å². The average Bonchev–Trinajstić information content (AvgIpc) is 2.68. The largest absolute Gasteiger partial charge is 0.388 e. The molecule has 1 fully saturated rings. The molecule has 3 nitrogen and oxygen atoms in total. The van der Waals surface area contributed by atoms with Gasteiger partial charge in [0.15, 0.2) is 23.3 Å². The third kappa shape index (κ3) is 2.20. The van der Waals surface area contributed by atoms with Crippen LogP contribution in [0.1, 0.15) is 0 Å². The van der Waals surface area contributed by atoms with Crippen molar-refractivity contribution in [1.82, 2.24) is 0 Å². The average molecular weight is 251 g/mol. The number of hydrogen-bond donors (Lipinski definition) is 2. The van der Waals surface area contributed by atoms with Gasteiger partial charge >= 0.3 is 0 Å². The fraction of sp³-hybridized carbons (Fsp3) is 0.400. The van der Waals surface area contributed by atoms with E-state index in [1.54, 1.807) is 0 Å². The van der Waals surface area contributed by atoms with Gasteiger partial charge in [0.2, 0.25) is 0 Å². The number of nitrogens with one attached hydrogen (secondary N) is 1. The van der Waals surface area contributed by atoms with E-state index in [0.29, 0.717) is 0 Å². The number of hydrogen-bond acceptors (Lipinski definition) is 3. The molecular formula is C10H9F4NO2. The maximum atomic E-state index is 13.3. The minimum Gasteiger partial charge on any atom is -0.388 e. The van der Waals surface area contributed by atoms with E-state index in [9.17, 15) is 22.7 Å². The van der Waals surface area contributed by atoms with E-state index >= 15 is 0 Å². The van der Waals surface area contributed by atoms with Crippen molar-refractivity contribution in [2.24, 2.45) is 0 Å². The van der Waals surface area contributed by atoms with Crippen LogP contribution in [0.3, 0.4) is 0 Å². The smallest absolute Gasteiger partial charge is 0.185 e. The summed E-state index contributed by atoms with van der Waals surface area (Å²) in [6.45, 7) is -0.00309. The van der Waals surface area contributed by atoms with Crippen LogP contribution < -0.4 is 5.32 Å². The highest BCUT2D eigenvalue weighted by atomic mass is 19.2.